The van der Waals surface area contributed by atoms with E-state index in [4.69, 9.17) is 5.73 Å². The highest BCUT2D eigenvalue weighted by Gasteiger charge is 2.08. The number of halogens is 1. The van der Waals surface area contributed by atoms with Crippen molar-refractivity contribution >= 4 is 27.4 Å². The van der Waals surface area contributed by atoms with Crippen LogP contribution in [0.2, 0.25) is 0 Å². The molecule has 0 spiro atoms. The van der Waals surface area contributed by atoms with Crippen molar-refractivity contribution in [3.63, 3.8) is 0 Å². The lowest BCUT2D eigenvalue weighted by atomic mass is 10.1. The van der Waals surface area contributed by atoms with E-state index in [9.17, 15) is 4.79 Å². The number of aromatic amines is 1. The Bertz CT molecular complexity index is 790. The zero-order valence-corrected chi connectivity index (χ0v) is 10.8. The Morgan fingerprint density at radius 2 is 2.06 bits per heavy atom. The molecular formula is C12H9BrN4O. The topological polar surface area (TPSA) is 76.2 Å². The summed E-state index contributed by atoms with van der Waals surface area (Å²) in [7, 11) is 0. The molecular weight excluding hydrogens is 296 g/mol. The third kappa shape index (κ3) is 1.70. The van der Waals surface area contributed by atoms with Crippen molar-refractivity contribution in [1.29, 1.82) is 0 Å². The van der Waals surface area contributed by atoms with Gasteiger partial charge in [0.1, 0.15) is 5.82 Å². The van der Waals surface area contributed by atoms with Gasteiger partial charge in [0.05, 0.1) is 5.69 Å². The van der Waals surface area contributed by atoms with Crippen LogP contribution in [0.4, 0.5) is 5.82 Å². The molecule has 90 valence electrons. The summed E-state index contributed by atoms with van der Waals surface area (Å²) in [6.07, 6.45) is 0. The van der Waals surface area contributed by atoms with Crippen LogP contribution in [0.25, 0.3) is 16.9 Å². The van der Waals surface area contributed by atoms with Crippen molar-refractivity contribution in [3.8, 4) is 11.3 Å². The molecule has 0 amide bonds. The number of H-pyrrole nitrogens is 1. The third-order valence-electron chi connectivity index (χ3n) is 2.62. The first-order valence-corrected chi connectivity index (χ1v) is 6.07. The predicted molar refractivity (Wildman–Crippen MR) is 73.4 cm³/mol. The van der Waals surface area contributed by atoms with Gasteiger partial charge in [0.2, 0.25) is 0 Å². The standard InChI is InChI=1S/C12H9BrN4O/c13-8-4-2-1-3-7(8)9-5-12(18)17-11(15-9)6-10(14)16-17/h1-6,16H,14H2. The number of fused-ring (bicyclic) bond motifs is 1. The molecule has 3 rings (SSSR count). The summed E-state index contributed by atoms with van der Waals surface area (Å²) in [6, 6.07) is 10.7. The smallest absolute Gasteiger partial charge is 0.273 e. The van der Waals surface area contributed by atoms with Gasteiger partial charge in [-0.05, 0) is 6.07 Å². The molecule has 6 heteroatoms. The number of hydrogen-bond donors (Lipinski definition) is 2. The number of nitrogen functional groups attached to an aromatic ring is 1. The Morgan fingerprint density at radius 1 is 1.28 bits per heavy atom. The van der Waals surface area contributed by atoms with Crippen LogP contribution in [0, 0.1) is 0 Å². The number of nitrogens with one attached hydrogen (secondary N) is 1. The average molecular weight is 305 g/mol. The number of hydrogen-bond acceptors (Lipinski definition) is 3. The van der Waals surface area contributed by atoms with Crippen LogP contribution in [0.5, 0.6) is 0 Å². The van der Waals surface area contributed by atoms with E-state index in [2.05, 4.69) is 26.0 Å². The zero-order valence-electron chi connectivity index (χ0n) is 9.22. The number of anilines is 1. The van der Waals surface area contributed by atoms with Crippen molar-refractivity contribution in [2.24, 2.45) is 0 Å². The fourth-order valence-corrected chi connectivity index (χ4v) is 2.30. The van der Waals surface area contributed by atoms with Gasteiger partial charge in [0.25, 0.3) is 5.56 Å². The Labute approximate surface area is 110 Å². The molecule has 0 aliphatic heterocycles. The third-order valence-corrected chi connectivity index (χ3v) is 3.31. The Balaban J connectivity index is 2.31. The van der Waals surface area contributed by atoms with Crippen LogP contribution in [0.3, 0.4) is 0 Å². The highest BCUT2D eigenvalue weighted by molar-refractivity contribution is 9.10. The van der Waals surface area contributed by atoms with E-state index in [0.717, 1.165) is 10.0 Å². The van der Waals surface area contributed by atoms with Crippen molar-refractivity contribution < 1.29 is 0 Å². The highest BCUT2D eigenvalue weighted by atomic mass is 79.9. The summed E-state index contributed by atoms with van der Waals surface area (Å²) in [4.78, 5) is 16.3. The molecule has 2 aromatic heterocycles. The van der Waals surface area contributed by atoms with Gasteiger partial charge in [0, 0.05) is 22.2 Å². The molecule has 3 N–H and O–H groups in total. The highest BCUT2D eigenvalue weighted by Crippen LogP contribution is 2.25. The van der Waals surface area contributed by atoms with Crippen LogP contribution in [-0.4, -0.2) is 14.6 Å². The molecule has 3 aromatic rings. The molecule has 18 heavy (non-hydrogen) atoms. The van der Waals surface area contributed by atoms with Gasteiger partial charge >= 0.3 is 0 Å². The summed E-state index contributed by atoms with van der Waals surface area (Å²) in [5.74, 6) is 0.406. The van der Waals surface area contributed by atoms with Gasteiger partial charge < -0.3 is 5.73 Å². The average Bonchev–Trinajstić information content (AvgIpc) is 2.71. The van der Waals surface area contributed by atoms with Gasteiger partial charge in [-0.25, -0.2) is 4.98 Å². The predicted octanol–water partition coefficient (Wildman–Crippen LogP) is 2.03. The summed E-state index contributed by atoms with van der Waals surface area (Å²) >= 11 is 3.45. The quantitative estimate of drug-likeness (QED) is 0.722. The minimum absolute atomic E-state index is 0.192. The second kappa shape index (κ2) is 3.99. The Morgan fingerprint density at radius 3 is 2.83 bits per heavy atom. The largest absolute Gasteiger partial charge is 0.384 e. The summed E-state index contributed by atoms with van der Waals surface area (Å²) < 4.78 is 2.21. The lowest BCUT2D eigenvalue weighted by Crippen LogP contribution is -2.14. The minimum Gasteiger partial charge on any atom is -0.384 e. The molecule has 0 saturated heterocycles. The Hall–Kier alpha value is -2.08. The lowest BCUT2D eigenvalue weighted by molar-refractivity contribution is 0.906. The maximum atomic E-state index is 11.9. The second-order valence-corrected chi connectivity index (χ2v) is 4.72. The number of nitrogens with zero attached hydrogens (tertiary/aromatic N) is 2. The van der Waals surface area contributed by atoms with Crippen molar-refractivity contribution in [3.05, 3.63) is 51.2 Å². The number of rotatable bonds is 1. The van der Waals surface area contributed by atoms with Crippen molar-refractivity contribution in [2.45, 2.75) is 0 Å². The number of aromatic nitrogens is 3. The molecule has 0 atom stereocenters. The molecule has 2 heterocycles. The van der Waals surface area contributed by atoms with Gasteiger partial charge in [-0.2, -0.15) is 4.52 Å². The fourth-order valence-electron chi connectivity index (χ4n) is 1.82. The minimum atomic E-state index is -0.192. The van der Waals surface area contributed by atoms with E-state index in [-0.39, 0.29) is 5.56 Å². The van der Waals surface area contributed by atoms with Gasteiger partial charge in [-0.1, -0.05) is 34.1 Å². The van der Waals surface area contributed by atoms with Gasteiger partial charge in [-0.3, -0.25) is 9.89 Å². The van der Waals surface area contributed by atoms with Gasteiger partial charge in [0.15, 0.2) is 5.65 Å². The maximum Gasteiger partial charge on any atom is 0.273 e. The van der Waals surface area contributed by atoms with Crippen LogP contribution >= 0.6 is 15.9 Å². The van der Waals surface area contributed by atoms with Crippen LogP contribution in [-0.2, 0) is 0 Å². The molecule has 0 aliphatic rings. The van der Waals surface area contributed by atoms with Crippen LogP contribution in [0.15, 0.2) is 45.7 Å². The summed E-state index contributed by atoms with van der Waals surface area (Å²) in [5, 5.41) is 2.73. The Kier molecular flexibility index (Phi) is 2.45. The fraction of sp³-hybridized carbons (Fsp3) is 0. The van der Waals surface area contributed by atoms with E-state index < -0.39 is 0 Å². The molecule has 5 nitrogen and oxygen atoms in total. The van der Waals surface area contributed by atoms with E-state index in [1.807, 2.05) is 24.3 Å². The first-order valence-electron chi connectivity index (χ1n) is 5.28. The maximum absolute atomic E-state index is 11.9. The van der Waals surface area contributed by atoms with Crippen molar-refractivity contribution in [2.75, 3.05) is 5.73 Å². The second-order valence-electron chi connectivity index (χ2n) is 3.86. The first-order chi connectivity index (χ1) is 8.65. The van der Waals surface area contributed by atoms with Crippen LogP contribution in [0.1, 0.15) is 0 Å². The molecule has 0 aliphatic carbocycles. The monoisotopic (exact) mass is 304 g/mol. The van der Waals surface area contributed by atoms with Crippen molar-refractivity contribution in [1.82, 2.24) is 14.6 Å². The molecule has 0 unspecified atom stereocenters. The molecule has 0 radical (unpaired) electrons. The first kappa shape index (κ1) is 11.0. The normalized spacial score (nSPS) is 10.9. The number of benzene rings is 1. The van der Waals surface area contributed by atoms with E-state index in [1.54, 1.807) is 6.07 Å². The van der Waals surface area contributed by atoms with E-state index in [1.165, 1.54) is 10.6 Å². The van der Waals surface area contributed by atoms with Crippen LogP contribution < -0.4 is 11.3 Å². The molecule has 0 saturated carbocycles. The summed E-state index contributed by atoms with van der Waals surface area (Å²) in [6.45, 7) is 0. The van der Waals surface area contributed by atoms with E-state index in [0.29, 0.717) is 17.2 Å². The molecule has 0 bridgehead atoms. The van der Waals surface area contributed by atoms with E-state index >= 15 is 0 Å². The SMILES string of the molecule is Nc1cc2nc(-c3ccccc3Br)cc(=O)n2[nH]1. The summed E-state index contributed by atoms with van der Waals surface area (Å²) in [5.41, 5.74) is 7.42. The number of nitrogens with two attached hydrogens (primary N) is 1. The zero-order chi connectivity index (χ0) is 12.7. The molecule has 0 fully saturated rings. The lowest BCUT2D eigenvalue weighted by Gasteiger charge is -2.03. The molecule has 1 aromatic carbocycles. The van der Waals surface area contributed by atoms with Gasteiger partial charge in [-0.15, -0.1) is 0 Å².